The van der Waals surface area contributed by atoms with Gasteiger partial charge in [-0.1, -0.05) is 41.9 Å². The predicted molar refractivity (Wildman–Crippen MR) is 90.3 cm³/mol. The summed E-state index contributed by atoms with van der Waals surface area (Å²) >= 11 is 5.98. The molecule has 22 heavy (non-hydrogen) atoms. The van der Waals surface area contributed by atoms with Gasteiger partial charge in [0.1, 0.15) is 5.75 Å². The Morgan fingerprint density at radius 1 is 1.14 bits per heavy atom. The molecule has 0 saturated carbocycles. The molecule has 1 atom stereocenters. The predicted octanol–water partition coefficient (Wildman–Crippen LogP) is 5.50. The van der Waals surface area contributed by atoms with Gasteiger partial charge in [-0.3, -0.25) is 0 Å². The maximum Gasteiger partial charge on any atom is 0.122 e. The molecule has 0 fully saturated rings. The van der Waals surface area contributed by atoms with Crippen LogP contribution >= 0.6 is 11.6 Å². The first-order valence-electron chi connectivity index (χ1n) is 7.54. The lowest BCUT2D eigenvalue weighted by Crippen LogP contribution is -2.01. The Morgan fingerprint density at radius 3 is 2.68 bits per heavy atom. The number of halogens is 1. The molecule has 0 aliphatic heterocycles. The van der Waals surface area contributed by atoms with E-state index in [2.05, 4.69) is 6.07 Å². The molecule has 2 rings (SSSR count). The SMILES string of the molecule is Cc1ccccc1OCCCCC(C#N)c1cccc(Cl)c1. The minimum absolute atomic E-state index is 0.0999. The maximum atomic E-state index is 9.32. The first kappa shape index (κ1) is 16.4. The van der Waals surface area contributed by atoms with E-state index in [9.17, 15) is 5.26 Å². The van der Waals surface area contributed by atoms with Gasteiger partial charge in [-0.05, 0) is 55.5 Å². The number of para-hydroxylation sites is 1. The number of unbranched alkanes of at least 4 members (excludes halogenated alkanes) is 1. The first-order valence-corrected chi connectivity index (χ1v) is 7.92. The Bertz CT molecular complexity index is 648. The third kappa shape index (κ3) is 4.79. The van der Waals surface area contributed by atoms with Crippen LogP contribution in [0.3, 0.4) is 0 Å². The molecular weight excluding hydrogens is 294 g/mol. The summed E-state index contributed by atoms with van der Waals surface area (Å²) in [6.07, 6.45) is 2.72. The Labute approximate surface area is 137 Å². The lowest BCUT2D eigenvalue weighted by Gasteiger charge is -2.11. The van der Waals surface area contributed by atoms with Gasteiger partial charge in [-0.2, -0.15) is 5.26 Å². The standard InChI is InChI=1S/C19H20ClNO/c1-15-7-2-3-11-19(15)22-12-5-4-8-17(14-21)16-9-6-10-18(20)13-16/h2-3,6-7,9-11,13,17H,4-5,8,12H2,1H3. The molecule has 0 aromatic heterocycles. The fourth-order valence-corrected chi connectivity index (χ4v) is 2.58. The molecule has 0 bridgehead atoms. The van der Waals surface area contributed by atoms with E-state index in [1.165, 1.54) is 0 Å². The average molecular weight is 314 g/mol. The highest BCUT2D eigenvalue weighted by Crippen LogP contribution is 2.24. The van der Waals surface area contributed by atoms with E-state index in [-0.39, 0.29) is 5.92 Å². The average Bonchev–Trinajstić information content (AvgIpc) is 2.52. The second-order valence-electron chi connectivity index (χ2n) is 5.35. The zero-order valence-electron chi connectivity index (χ0n) is 12.8. The topological polar surface area (TPSA) is 33.0 Å². The molecule has 0 aliphatic carbocycles. The zero-order chi connectivity index (χ0) is 15.8. The van der Waals surface area contributed by atoms with Crippen molar-refractivity contribution in [3.05, 3.63) is 64.7 Å². The van der Waals surface area contributed by atoms with Gasteiger partial charge in [0.25, 0.3) is 0 Å². The van der Waals surface area contributed by atoms with Gasteiger partial charge in [0.15, 0.2) is 0 Å². The summed E-state index contributed by atoms with van der Waals surface area (Å²) in [5.41, 5.74) is 2.14. The van der Waals surface area contributed by atoms with Gasteiger partial charge < -0.3 is 4.74 Å². The van der Waals surface area contributed by atoms with Crippen molar-refractivity contribution in [3.63, 3.8) is 0 Å². The Hall–Kier alpha value is -1.98. The number of aryl methyl sites for hydroxylation is 1. The van der Waals surface area contributed by atoms with Gasteiger partial charge in [0, 0.05) is 5.02 Å². The summed E-state index contributed by atoms with van der Waals surface area (Å²) in [4.78, 5) is 0. The molecule has 1 unspecified atom stereocenters. The Morgan fingerprint density at radius 2 is 1.95 bits per heavy atom. The Kier molecular flexibility index (Phi) is 6.30. The van der Waals surface area contributed by atoms with Crippen LogP contribution in [-0.2, 0) is 0 Å². The summed E-state index contributed by atoms with van der Waals surface area (Å²) in [5.74, 6) is 0.839. The number of ether oxygens (including phenoxy) is 1. The molecule has 0 saturated heterocycles. The summed E-state index contributed by atoms with van der Waals surface area (Å²) < 4.78 is 5.77. The number of nitrogens with zero attached hydrogens (tertiary/aromatic N) is 1. The van der Waals surface area contributed by atoms with Crippen LogP contribution in [0.5, 0.6) is 5.75 Å². The molecule has 114 valence electrons. The lowest BCUT2D eigenvalue weighted by atomic mass is 9.95. The zero-order valence-corrected chi connectivity index (χ0v) is 13.5. The molecule has 2 aromatic rings. The van der Waals surface area contributed by atoms with Crippen LogP contribution in [0.25, 0.3) is 0 Å². The summed E-state index contributed by atoms with van der Waals surface area (Å²) in [6.45, 7) is 2.72. The van der Waals surface area contributed by atoms with Crippen LogP contribution in [-0.4, -0.2) is 6.61 Å². The van der Waals surface area contributed by atoms with Crippen LogP contribution in [0.4, 0.5) is 0 Å². The van der Waals surface area contributed by atoms with E-state index in [1.807, 2.05) is 55.5 Å². The van der Waals surface area contributed by atoms with Crippen molar-refractivity contribution in [2.75, 3.05) is 6.61 Å². The molecular formula is C19H20ClNO. The summed E-state index contributed by atoms with van der Waals surface area (Å²) in [7, 11) is 0. The second-order valence-corrected chi connectivity index (χ2v) is 5.78. The molecule has 0 spiro atoms. The fraction of sp³-hybridized carbons (Fsp3) is 0.316. The van der Waals surface area contributed by atoms with Crippen LogP contribution in [0.15, 0.2) is 48.5 Å². The smallest absolute Gasteiger partial charge is 0.122 e. The minimum atomic E-state index is -0.0999. The third-order valence-electron chi connectivity index (χ3n) is 3.65. The summed E-state index contributed by atoms with van der Waals surface area (Å²) in [5, 5.41) is 10.00. The first-order chi connectivity index (χ1) is 10.7. The van der Waals surface area contributed by atoms with Gasteiger partial charge in [-0.25, -0.2) is 0 Å². The summed E-state index contributed by atoms with van der Waals surface area (Å²) in [6, 6.07) is 17.9. The van der Waals surface area contributed by atoms with Crippen molar-refractivity contribution in [2.45, 2.75) is 32.1 Å². The van der Waals surface area contributed by atoms with Crippen LogP contribution < -0.4 is 4.74 Å². The molecule has 3 heteroatoms. The molecule has 0 radical (unpaired) electrons. The lowest BCUT2D eigenvalue weighted by molar-refractivity contribution is 0.302. The van der Waals surface area contributed by atoms with Crippen molar-refractivity contribution in [1.29, 1.82) is 5.26 Å². The third-order valence-corrected chi connectivity index (χ3v) is 3.88. The van der Waals surface area contributed by atoms with Crippen molar-refractivity contribution in [1.82, 2.24) is 0 Å². The molecule has 2 aromatic carbocycles. The van der Waals surface area contributed by atoms with E-state index >= 15 is 0 Å². The Balaban J connectivity index is 1.76. The molecule has 0 heterocycles. The maximum absolute atomic E-state index is 9.32. The van der Waals surface area contributed by atoms with Crippen molar-refractivity contribution in [3.8, 4) is 11.8 Å². The minimum Gasteiger partial charge on any atom is -0.493 e. The van der Waals surface area contributed by atoms with Crippen LogP contribution in [0, 0.1) is 18.3 Å². The van der Waals surface area contributed by atoms with Crippen LogP contribution in [0.1, 0.15) is 36.3 Å². The van der Waals surface area contributed by atoms with Crippen molar-refractivity contribution < 1.29 is 4.74 Å². The number of rotatable bonds is 7. The number of hydrogen-bond acceptors (Lipinski definition) is 2. The molecule has 0 amide bonds. The van der Waals surface area contributed by atoms with Gasteiger partial charge >= 0.3 is 0 Å². The highest BCUT2D eigenvalue weighted by Gasteiger charge is 2.10. The largest absolute Gasteiger partial charge is 0.493 e. The highest BCUT2D eigenvalue weighted by molar-refractivity contribution is 6.30. The number of nitriles is 1. The van der Waals surface area contributed by atoms with Gasteiger partial charge in [0.05, 0.1) is 18.6 Å². The van der Waals surface area contributed by atoms with Crippen molar-refractivity contribution >= 4 is 11.6 Å². The molecule has 2 nitrogen and oxygen atoms in total. The highest BCUT2D eigenvalue weighted by atomic mass is 35.5. The van der Waals surface area contributed by atoms with Crippen molar-refractivity contribution in [2.24, 2.45) is 0 Å². The quantitative estimate of drug-likeness (QED) is 0.632. The van der Waals surface area contributed by atoms with E-state index in [0.29, 0.717) is 11.6 Å². The fourth-order valence-electron chi connectivity index (χ4n) is 2.38. The molecule has 0 N–H and O–H groups in total. The van der Waals surface area contributed by atoms with E-state index < -0.39 is 0 Å². The van der Waals surface area contributed by atoms with Crippen LogP contribution in [0.2, 0.25) is 5.02 Å². The normalized spacial score (nSPS) is 11.7. The number of hydrogen-bond donors (Lipinski definition) is 0. The second kappa shape index (κ2) is 8.46. The molecule has 0 aliphatic rings. The number of benzene rings is 2. The van der Waals surface area contributed by atoms with Gasteiger partial charge in [-0.15, -0.1) is 0 Å². The monoisotopic (exact) mass is 313 g/mol. The van der Waals surface area contributed by atoms with E-state index in [1.54, 1.807) is 0 Å². The van der Waals surface area contributed by atoms with E-state index in [4.69, 9.17) is 16.3 Å². The van der Waals surface area contributed by atoms with Gasteiger partial charge in [0.2, 0.25) is 0 Å². The van der Waals surface area contributed by atoms with E-state index in [0.717, 1.165) is 36.1 Å².